The molecular formula is C45H58O3. The van der Waals surface area contributed by atoms with E-state index in [1.54, 1.807) is 0 Å². The normalized spacial score (nSPS) is 21.5. The van der Waals surface area contributed by atoms with E-state index in [1.807, 2.05) is 6.92 Å². The van der Waals surface area contributed by atoms with Gasteiger partial charge in [-0.2, -0.15) is 0 Å². The zero-order valence-electron chi connectivity index (χ0n) is 31.2. The van der Waals surface area contributed by atoms with Crippen LogP contribution in [-0.2, 0) is 14.3 Å². The minimum Gasteiger partial charge on any atom is -0.458 e. The number of terminal acetylenes is 1. The minimum atomic E-state index is -0.224. The summed E-state index contributed by atoms with van der Waals surface area (Å²) in [5.74, 6) is 2.55. The van der Waals surface area contributed by atoms with Gasteiger partial charge in [-0.05, 0) is 93.9 Å². The molecule has 0 saturated heterocycles. The summed E-state index contributed by atoms with van der Waals surface area (Å²) in [5.41, 5.74) is 9.05. The lowest BCUT2D eigenvalue weighted by molar-refractivity contribution is -0.148. The highest BCUT2D eigenvalue weighted by Gasteiger charge is 2.33. The lowest BCUT2D eigenvalue weighted by Crippen LogP contribution is -2.30. The maximum atomic E-state index is 12.2. The van der Waals surface area contributed by atoms with Crippen LogP contribution in [0.3, 0.4) is 0 Å². The number of hydrogen-bond donors (Lipinski definition) is 0. The van der Waals surface area contributed by atoms with Crippen LogP contribution in [0.1, 0.15) is 108 Å². The first-order valence-electron chi connectivity index (χ1n) is 17.2. The Morgan fingerprint density at radius 3 is 1.79 bits per heavy atom. The molecule has 0 saturated carbocycles. The van der Waals surface area contributed by atoms with Gasteiger partial charge < -0.3 is 4.74 Å². The van der Waals surface area contributed by atoms with Gasteiger partial charge in [0.2, 0.25) is 0 Å². The Hall–Kier alpha value is -4.16. The average molecular weight is 647 g/mol. The third kappa shape index (κ3) is 13.2. The van der Waals surface area contributed by atoms with Crippen LogP contribution in [0.25, 0.3) is 0 Å². The average Bonchev–Trinajstić information content (AvgIpc) is 3.01. The highest BCUT2D eigenvalue weighted by atomic mass is 16.5. The van der Waals surface area contributed by atoms with Gasteiger partial charge >= 0.3 is 5.97 Å². The van der Waals surface area contributed by atoms with Crippen LogP contribution < -0.4 is 0 Å². The largest absolute Gasteiger partial charge is 0.458 e. The van der Waals surface area contributed by atoms with Gasteiger partial charge in [0.25, 0.3) is 0 Å². The molecule has 0 spiro atoms. The highest BCUT2D eigenvalue weighted by molar-refractivity contribution is 5.97. The molecule has 0 N–H and O–H groups in total. The summed E-state index contributed by atoms with van der Waals surface area (Å²) in [7, 11) is 0. The summed E-state index contributed by atoms with van der Waals surface area (Å²) in [5, 5.41) is 0. The van der Waals surface area contributed by atoms with Crippen molar-refractivity contribution in [2.45, 2.75) is 114 Å². The van der Waals surface area contributed by atoms with Crippen molar-refractivity contribution in [3.05, 3.63) is 130 Å². The van der Waals surface area contributed by atoms with Crippen LogP contribution in [0.2, 0.25) is 0 Å². The Morgan fingerprint density at radius 2 is 1.25 bits per heavy atom. The SMILES string of the molecule is C#CCCC(=O)OC1CCC(C)(C)C(/C=C/C(C)=C/C=C/C(C)=C/C=C/C=C(C)/C=C/C=C(C)/C=C/C2=C(C)C(=O)CCC2(C)C)=C1C. The van der Waals surface area contributed by atoms with E-state index in [0.717, 1.165) is 58.3 Å². The van der Waals surface area contributed by atoms with Gasteiger partial charge in [0.05, 0.1) is 6.42 Å². The monoisotopic (exact) mass is 646 g/mol. The molecule has 1 atom stereocenters. The number of esters is 1. The molecule has 48 heavy (non-hydrogen) atoms. The molecule has 0 fully saturated rings. The second-order valence-corrected chi connectivity index (χ2v) is 14.5. The van der Waals surface area contributed by atoms with E-state index >= 15 is 0 Å². The van der Waals surface area contributed by atoms with Crippen molar-refractivity contribution in [1.82, 2.24) is 0 Å². The van der Waals surface area contributed by atoms with E-state index in [0.29, 0.717) is 12.8 Å². The molecule has 0 aromatic heterocycles. The molecule has 0 amide bonds. The lowest BCUT2D eigenvalue weighted by Gasteiger charge is -2.37. The molecule has 2 aliphatic rings. The minimum absolute atomic E-state index is 0.0204. The third-order valence-corrected chi connectivity index (χ3v) is 9.24. The summed E-state index contributed by atoms with van der Waals surface area (Å²) in [6, 6.07) is 0. The van der Waals surface area contributed by atoms with Crippen molar-refractivity contribution in [3.8, 4) is 12.3 Å². The Morgan fingerprint density at radius 1 is 0.771 bits per heavy atom. The second-order valence-electron chi connectivity index (χ2n) is 14.5. The lowest BCUT2D eigenvalue weighted by atomic mass is 9.71. The van der Waals surface area contributed by atoms with Crippen molar-refractivity contribution >= 4 is 11.8 Å². The summed E-state index contributed by atoms with van der Waals surface area (Å²) in [6.07, 6.45) is 38.5. The maximum Gasteiger partial charge on any atom is 0.307 e. The van der Waals surface area contributed by atoms with Gasteiger partial charge in [-0.1, -0.05) is 135 Å². The summed E-state index contributed by atoms with van der Waals surface area (Å²) in [6.45, 7) is 21.3. The van der Waals surface area contributed by atoms with Crippen LogP contribution in [0.4, 0.5) is 0 Å². The van der Waals surface area contributed by atoms with Crippen LogP contribution in [-0.4, -0.2) is 17.9 Å². The molecule has 0 aromatic rings. The van der Waals surface area contributed by atoms with Crippen molar-refractivity contribution < 1.29 is 14.3 Å². The smallest absolute Gasteiger partial charge is 0.307 e. The number of allylic oxidation sites excluding steroid dienone is 21. The number of ether oxygens (including phenoxy) is 1. The molecule has 0 bridgehead atoms. The van der Waals surface area contributed by atoms with Crippen molar-refractivity contribution in [2.24, 2.45) is 10.8 Å². The van der Waals surface area contributed by atoms with Crippen molar-refractivity contribution in [1.29, 1.82) is 0 Å². The van der Waals surface area contributed by atoms with Crippen molar-refractivity contribution in [3.63, 3.8) is 0 Å². The molecule has 3 nitrogen and oxygen atoms in total. The Bertz CT molecular complexity index is 1570. The number of ketones is 1. The fourth-order valence-corrected chi connectivity index (χ4v) is 5.97. The Kier molecular flexibility index (Phi) is 15.8. The van der Waals surface area contributed by atoms with Crippen LogP contribution >= 0.6 is 0 Å². The van der Waals surface area contributed by atoms with Crippen molar-refractivity contribution in [2.75, 3.05) is 0 Å². The molecule has 0 heterocycles. The molecule has 0 aliphatic heterocycles. The van der Waals surface area contributed by atoms with Gasteiger partial charge in [-0.3, -0.25) is 9.59 Å². The summed E-state index contributed by atoms with van der Waals surface area (Å²) < 4.78 is 5.76. The summed E-state index contributed by atoms with van der Waals surface area (Å²) in [4.78, 5) is 24.4. The molecule has 2 aliphatic carbocycles. The van der Waals surface area contributed by atoms with E-state index in [4.69, 9.17) is 11.2 Å². The predicted molar refractivity (Wildman–Crippen MR) is 205 cm³/mol. The van der Waals surface area contributed by atoms with E-state index in [-0.39, 0.29) is 35.1 Å². The third-order valence-electron chi connectivity index (χ3n) is 9.24. The zero-order chi connectivity index (χ0) is 35.9. The Labute approximate surface area is 292 Å². The molecule has 3 heteroatoms. The number of carbonyl (C=O) groups is 2. The van der Waals surface area contributed by atoms with Gasteiger partial charge in [0, 0.05) is 12.8 Å². The highest BCUT2D eigenvalue weighted by Crippen LogP contribution is 2.42. The van der Waals surface area contributed by atoms with Gasteiger partial charge in [-0.25, -0.2) is 0 Å². The molecule has 0 radical (unpaired) electrons. The number of Topliss-reactive ketones (excluding diaryl/α,β-unsaturated/α-hetero) is 1. The van der Waals surface area contributed by atoms with Gasteiger partial charge in [0.15, 0.2) is 5.78 Å². The molecule has 0 aromatic carbocycles. The first-order valence-corrected chi connectivity index (χ1v) is 17.2. The van der Waals surface area contributed by atoms with E-state index in [1.165, 1.54) is 5.57 Å². The van der Waals surface area contributed by atoms with Crippen LogP contribution in [0, 0.1) is 23.2 Å². The summed E-state index contributed by atoms with van der Waals surface area (Å²) >= 11 is 0. The number of carbonyl (C=O) groups excluding carboxylic acids is 2. The van der Waals surface area contributed by atoms with E-state index in [9.17, 15) is 9.59 Å². The first kappa shape index (κ1) is 40.0. The number of hydrogen-bond acceptors (Lipinski definition) is 3. The fourth-order valence-electron chi connectivity index (χ4n) is 5.97. The van der Waals surface area contributed by atoms with Gasteiger partial charge in [-0.15, -0.1) is 12.3 Å². The molecular weight excluding hydrogens is 588 g/mol. The van der Waals surface area contributed by atoms with Gasteiger partial charge in [0.1, 0.15) is 6.10 Å². The fraction of sp³-hybridized carbons (Fsp3) is 0.422. The molecule has 256 valence electrons. The van der Waals surface area contributed by atoms with E-state index < -0.39 is 0 Å². The quantitative estimate of drug-likeness (QED) is 0.114. The van der Waals surface area contributed by atoms with Crippen LogP contribution in [0.5, 0.6) is 0 Å². The predicted octanol–water partition coefficient (Wildman–Crippen LogP) is 11.7. The Balaban J connectivity index is 1.96. The second kappa shape index (κ2) is 19.0. The van der Waals surface area contributed by atoms with Crippen LogP contribution in [0.15, 0.2) is 130 Å². The standard InChI is InChI=1S/C45H58O3/c1-12-13-24-43(47)48-42-30-32-45(10,11)40(38(42)7)28-26-36(5)23-17-21-34(3)19-15-14-18-33(2)20-16-22-35(4)25-27-39-37(6)41(46)29-31-44(39,8)9/h1,14-23,25-28,42H,13,24,29-32H2,2-11H3/b15-14+,20-16+,21-17+,27-25+,28-26+,33-18+,34-19+,35-22+,36-23+. The van der Waals surface area contributed by atoms with E-state index in [2.05, 4.69) is 153 Å². The zero-order valence-corrected chi connectivity index (χ0v) is 31.2. The molecule has 2 rings (SSSR count). The number of rotatable bonds is 13. The first-order chi connectivity index (χ1) is 22.6. The molecule has 1 unspecified atom stereocenters. The maximum absolute atomic E-state index is 12.2. The topological polar surface area (TPSA) is 43.4 Å².